The number of hydrogen-bond donors (Lipinski definition) is 0. The van der Waals surface area contributed by atoms with Gasteiger partial charge >= 0.3 is 0 Å². The molecule has 23 heavy (non-hydrogen) atoms. The molecule has 1 fully saturated rings. The molecule has 0 aliphatic heterocycles. The molecule has 1 aliphatic carbocycles. The van der Waals surface area contributed by atoms with Crippen LogP contribution in [0.5, 0.6) is 0 Å². The van der Waals surface area contributed by atoms with Gasteiger partial charge in [0, 0.05) is 12.2 Å². The van der Waals surface area contributed by atoms with E-state index in [9.17, 15) is 18.0 Å². The minimum absolute atomic E-state index is 0.0504. The quantitative estimate of drug-likeness (QED) is 0.716. The minimum atomic E-state index is -3.25. The first-order valence-electron chi connectivity index (χ1n) is 8.09. The summed E-state index contributed by atoms with van der Waals surface area (Å²) < 4.78 is 23.1. The average Bonchev–Trinajstić information content (AvgIpc) is 2.96. The topological polar surface area (TPSA) is 68.3 Å². The molecule has 0 aromatic heterocycles. The molecule has 0 radical (unpaired) electrons. The molecule has 0 spiro atoms. The fraction of sp³-hybridized carbons (Fsp3) is 0.556. The highest BCUT2D eigenvalue weighted by Gasteiger charge is 2.27. The van der Waals surface area contributed by atoms with Gasteiger partial charge in [-0.25, -0.2) is 8.42 Å². The highest BCUT2D eigenvalue weighted by atomic mass is 32.2. The fourth-order valence-electron chi connectivity index (χ4n) is 3.35. The second kappa shape index (κ2) is 7.39. The van der Waals surface area contributed by atoms with Gasteiger partial charge in [-0.1, -0.05) is 37.8 Å². The van der Waals surface area contributed by atoms with E-state index in [1.54, 1.807) is 24.3 Å². The van der Waals surface area contributed by atoms with E-state index in [0.29, 0.717) is 5.92 Å². The maximum atomic E-state index is 12.5. The van der Waals surface area contributed by atoms with Crippen molar-refractivity contribution in [3.63, 3.8) is 0 Å². The molecule has 1 aromatic rings. The minimum Gasteiger partial charge on any atom is -0.300 e. The smallest absolute Gasteiger partial charge is 0.175 e. The zero-order chi connectivity index (χ0) is 17.0. The van der Waals surface area contributed by atoms with Crippen LogP contribution in [0.25, 0.3) is 0 Å². The lowest BCUT2D eigenvalue weighted by atomic mass is 9.83. The molecule has 1 saturated carbocycles. The van der Waals surface area contributed by atoms with Crippen LogP contribution in [0.1, 0.15) is 56.9 Å². The van der Waals surface area contributed by atoms with E-state index in [2.05, 4.69) is 0 Å². The molecule has 4 nitrogen and oxygen atoms in total. The van der Waals surface area contributed by atoms with Crippen LogP contribution in [0, 0.1) is 5.92 Å². The molecule has 1 unspecified atom stereocenters. The van der Waals surface area contributed by atoms with Crippen molar-refractivity contribution in [2.75, 3.05) is 6.26 Å². The Hall–Kier alpha value is -1.49. The number of hydrogen-bond acceptors (Lipinski definition) is 4. The summed E-state index contributed by atoms with van der Waals surface area (Å²) in [6.45, 7) is 1.43. The van der Waals surface area contributed by atoms with Crippen molar-refractivity contribution in [1.29, 1.82) is 0 Å². The SMILES string of the molecule is CC(=O)CC(=O)C(CC1CCCC1)c1ccc(S(C)(=O)=O)cc1. The molecule has 0 amide bonds. The molecule has 0 heterocycles. The molecular formula is C18H24O4S. The van der Waals surface area contributed by atoms with E-state index in [1.807, 2.05) is 0 Å². The van der Waals surface area contributed by atoms with Crippen LogP contribution in [0.2, 0.25) is 0 Å². The van der Waals surface area contributed by atoms with Crippen molar-refractivity contribution in [1.82, 2.24) is 0 Å². The number of rotatable bonds is 7. The first kappa shape index (κ1) is 17.9. The Morgan fingerprint density at radius 3 is 2.17 bits per heavy atom. The van der Waals surface area contributed by atoms with E-state index in [4.69, 9.17) is 0 Å². The van der Waals surface area contributed by atoms with Crippen LogP contribution in [0.4, 0.5) is 0 Å². The summed E-state index contributed by atoms with van der Waals surface area (Å²) in [5.74, 6) is 0.0248. The largest absolute Gasteiger partial charge is 0.300 e. The summed E-state index contributed by atoms with van der Waals surface area (Å²) in [6.07, 6.45) is 6.53. The van der Waals surface area contributed by atoms with Crippen LogP contribution in [0.15, 0.2) is 29.2 Å². The maximum absolute atomic E-state index is 12.5. The molecule has 0 saturated heterocycles. The third kappa shape index (κ3) is 4.99. The Morgan fingerprint density at radius 2 is 1.70 bits per heavy atom. The lowest BCUT2D eigenvalue weighted by Crippen LogP contribution is -2.18. The molecule has 2 rings (SSSR count). The standard InChI is InChI=1S/C18H24O4S/c1-13(19)11-18(20)17(12-14-5-3-4-6-14)15-7-9-16(10-8-15)23(2,21)22/h7-10,14,17H,3-6,11-12H2,1-2H3. The van der Waals surface area contributed by atoms with Crippen LogP contribution in [-0.2, 0) is 19.4 Å². The van der Waals surface area contributed by atoms with Crippen molar-refractivity contribution in [2.24, 2.45) is 5.92 Å². The molecule has 0 N–H and O–H groups in total. The summed E-state index contributed by atoms with van der Waals surface area (Å²) in [6, 6.07) is 6.53. The van der Waals surface area contributed by atoms with Gasteiger partial charge in [-0.15, -0.1) is 0 Å². The normalized spacial score (nSPS) is 17.1. The van der Waals surface area contributed by atoms with E-state index in [-0.39, 0.29) is 28.8 Å². The molecular weight excluding hydrogens is 312 g/mol. The van der Waals surface area contributed by atoms with E-state index in [0.717, 1.165) is 24.8 Å². The number of Topliss-reactive ketones (excluding diaryl/α,β-unsaturated/α-hetero) is 2. The predicted molar refractivity (Wildman–Crippen MR) is 89.2 cm³/mol. The van der Waals surface area contributed by atoms with Crippen LogP contribution < -0.4 is 0 Å². The summed E-state index contributed by atoms with van der Waals surface area (Å²) >= 11 is 0. The molecule has 0 bridgehead atoms. The van der Waals surface area contributed by atoms with Crippen molar-refractivity contribution < 1.29 is 18.0 Å². The number of ketones is 2. The van der Waals surface area contributed by atoms with Gasteiger partial charge in [0.1, 0.15) is 11.6 Å². The van der Waals surface area contributed by atoms with Crippen LogP contribution >= 0.6 is 0 Å². The Labute approximate surface area is 138 Å². The monoisotopic (exact) mass is 336 g/mol. The molecule has 5 heteroatoms. The van der Waals surface area contributed by atoms with Gasteiger partial charge in [-0.3, -0.25) is 9.59 Å². The second-order valence-electron chi connectivity index (χ2n) is 6.63. The number of sulfone groups is 1. The van der Waals surface area contributed by atoms with Crippen molar-refractivity contribution in [3.05, 3.63) is 29.8 Å². The Kier molecular flexibility index (Phi) is 5.74. The van der Waals surface area contributed by atoms with Gasteiger partial charge in [0.15, 0.2) is 9.84 Å². The zero-order valence-corrected chi connectivity index (χ0v) is 14.6. The lowest BCUT2D eigenvalue weighted by molar-refractivity contribution is -0.127. The Bertz CT molecular complexity index is 667. The van der Waals surface area contributed by atoms with Crippen molar-refractivity contribution >= 4 is 21.4 Å². The van der Waals surface area contributed by atoms with Gasteiger partial charge in [0.2, 0.25) is 0 Å². The first-order chi connectivity index (χ1) is 10.8. The summed E-state index contributed by atoms with van der Waals surface area (Å²) in [7, 11) is -3.25. The third-order valence-corrected chi connectivity index (χ3v) is 5.69. The van der Waals surface area contributed by atoms with Gasteiger partial charge in [-0.05, 0) is 37.0 Å². The fourth-order valence-corrected chi connectivity index (χ4v) is 3.98. The molecule has 126 valence electrons. The Morgan fingerprint density at radius 1 is 1.13 bits per heavy atom. The van der Waals surface area contributed by atoms with Crippen LogP contribution in [0.3, 0.4) is 0 Å². The summed E-state index contributed by atoms with van der Waals surface area (Å²) in [5.41, 5.74) is 0.815. The third-order valence-electron chi connectivity index (χ3n) is 4.57. The number of carbonyl (C=O) groups is 2. The van der Waals surface area contributed by atoms with Gasteiger partial charge in [0.05, 0.1) is 11.3 Å². The molecule has 1 atom stereocenters. The lowest BCUT2D eigenvalue weighted by Gasteiger charge is -2.20. The van der Waals surface area contributed by atoms with Gasteiger partial charge < -0.3 is 0 Å². The second-order valence-corrected chi connectivity index (χ2v) is 8.64. The highest BCUT2D eigenvalue weighted by Crippen LogP contribution is 2.35. The highest BCUT2D eigenvalue weighted by molar-refractivity contribution is 7.90. The summed E-state index contributed by atoms with van der Waals surface area (Å²) in [5, 5.41) is 0. The predicted octanol–water partition coefficient (Wildman–Crippen LogP) is 3.30. The van der Waals surface area contributed by atoms with E-state index >= 15 is 0 Å². The maximum Gasteiger partial charge on any atom is 0.175 e. The molecule has 1 aliphatic rings. The van der Waals surface area contributed by atoms with E-state index in [1.165, 1.54) is 26.0 Å². The average molecular weight is 336 g/mol. The van der Waals surface area contributed by atoms with Gasteiger partial charge in [0.25, 0.3) is 0 Å². The van der Waals surface area contributed by atoms with E-state index < -0.39 is 9.84 Å². The Balaban J connectivity index is 2.24. The first-order valence-corrected chi connectivity index (χ1v) is 9.98. The zero-order valence-electron chi connectivity index (χ0n) is 13.7. The van der Waals surface area contributed by atoms with Crippen molar-refractivity contribution in [2.45, 2.75) is 56.3 Å². The number of benzene rings is 1. The van der Waals surface area contributed by atoms with Crippen molar-refractivity contribution in [3.8, 4) is 0 Å². The van der Waals surface area contributed by atoms with Crippen LogP contribution in [-0.4, -0.2) is 26.2 Å². The number of carbonyl (C=O) groups excluding carboxylic acids is 2. The van der Waals surface area contributed by atoms with Gasteiger partial charge in [-0.2, -0.15) is 0 Å². The summed E-state index contributed by atoms with van der Waals surface area (Å²) in [4.78, 5) is 24.0. The molecule has 1 aromatic carbocycles.